The Bertz CT molecular complexity index is 253. The molecule has 0 aromatic rings. The van der Waals surface area contributed by atoms with Gasteiger partial charge in [-0.25, -0.2) is 0 Å². The number of amides is 1. The first-order valence-corrected chi connectivity index (χ1v) is 6.81. The SMILES string of the molecule is CN(C)CC1CCN(C(=O)C2CCNC2)CC1. The molecule has 0 aromatic carbocycles. The number of nitrogens with zero attached hydrogens (tertiary/aromatic N) is 2. The molecule has 0 aromatic heterocycles. The summed E-state index contributed by atoms with van der Waals surface area (Å²) >= 11 is 0. The van der Waals surface area contributed by atoms with Crippen LogP contribution in [0.2, 0.25) is 0 Å². The van der Waals surface area contributed by atoms with E-state index in [0.29, 0.717) is 5.91 Å². The van der Waals surface area contributed by atoms with Crippen molar-refractivity contribution < 1.29 is 4.79 Å². The summed E-state index contributed by atoms with van der Waals surface area (Å²) in [5.74, 6) is 1.41. The molecular weight excluding hydrogens is 214 g/mol. The minimum atomic E-state index is 0.250. The van der Waals surface area contributed by atoms with Crippen LogP contribution in [-0.2, 0) is 4.79 Å². The molecular formula is C13H25N3O. The van der Waals surface area contributed by atoms with Crippen molar-refractivity contribution in [1.29, 1.82) is 0 Å². The molecule has 2 aliphatic rings. The highest BCUT2D eigenvalue weighted by Gasteiger charge is 2.29. The zero-order valence-corrected chi connectivity index (χ0v) is 11.1. The van der Waals surface area contributed by atoms with Crippen LogP contribution in [0.4, 0.5) is 0 Å². The lowest BCUT2D eigenvalue weighted by molar-refractivity contribution is -0.136. The van der Waals surface area contributed by atoms with Gasteiger partial charge in [-0.2, -0.15) is 0 Å². The second kappa shape index (κ2) is 5.83. The number of likely N-dealkylation sites (tertiary alicyclic amines) is 1. The molecule has 17 heavy (non-hydrogen) atoms. The van der Waals surface area contributed by atoms with E-state index >= 15 is 0 Å². The van der Waals surface area contributed by atoms with Gasteiger partial charge < -0.3 is 15.1 Å². The number of hydrogen-bond donors (Lipinski definition) is 1. The molecule has 1 unspecified atom stereocenters. The minimum Gasteiger partial charge on any atom is -0.342 e. The fourth-order valence-corrected chi connectivity index (χ4v) is 2.98. The second-order valence-corrected chi connectivity index (χ2v) is 5.72. The third-order valence-electron chi connectivity index (χ3n) is 3.96. The summed E-state index contributed by atoms with van der Waals surface area (Å²) in [7, 11) is 4.25. The summed E-state index contributed by atoms with van der Waals surface area (Å²) < 4.78 is 0. The third-order valence-corrected chi connectivity index (χ3v) is 3.96. The maximum Gasteiger partial charge on any atom is 0.227 e. The Kier molecular flexibility index (Phi) is 4.40. The molecule has 1 N–H and O–H groups in total. The minimum absolute atomic E-state index is 0.250. The molecule has 1 amide bonds. The normalized spacial score (nSPS) is 26.8. The predicted molar refractivity (Wildman–Crippen MR) is 68.8 cm³/mol. The molecule has 0 radical (unpaired) electrons. The molecule has 0 saturated carbocycles. The van der Waals surface area contributed by atoms with Crippen LogP contribution in [0.5, 0.6) is 0 Å². The fourth-order valence-electron chi connectivity index (χ4n) is 2.98. The second-order valence-electron chi connectivity index (χ2n) is 5.72. The van der Waals surface area contributed by atoms with Gasteiger partial charge in [-0.15, -0.1) is 0 Å². The van der Waals surface area contributed by atoms with Gasteiger partial charge in [-0.3, -0.25) is 4.79 Å². The van der Waals surface area contributed by atoms with E-state index in [1.807, 2.05) is 0 Å². The molecule has 98 valence electrons. The molecule has 2 rings (SSSR count). The largest absolute Gasteiger partial charge is 0.342 e. The molecule has 0 spiro atoms. The highest BCUT2D eigenvalue weighted by molar-refractivity contribution is 5.79. The van der Waals surface area contributed by atoms with Crippen LogP contribution >= 0.6 is 0 Å². The van der Waals surface area contributed by atoms with Crippen molar-refractivity contribution in [2.75, 3.05) is 46.8 Å². The lowest BCUT2D eigenvalue weighted by atomic mass is 9.95. The molecule has 1 atom stereocenters. The molecule has 2 heterocycles. The number of rotatable bonds is 3. The van der Waals surface area contributed by atoms with Gasteiger partial charge in [0.2, 0.25) is 5.91 Å². The summed E-state index contributed by atoms with van der Waals surface area (Å²) in [4.78, 5) is 16.5. The van der Waals surface area contributed by atoms with Crippen LogP contribution in [0.1, 0.15) is 19.3 Å². The summed E-state index contributed by atoms with van der Waals surface area (Å²) in [6.45, 7) is 4.98. The first-order chi connectivity index (χ1) is 8.16. The van der Waals surface area contributed by atoms with Gasteiger partial charge in [-0.1, -0.05) is 0 Å². The van der Waals surface area contributed by atoms with Crippen molar-refractivity contribution in [2.24, 2.45) is 11.8 Å². The van der Waals surface area contributed by atoms with Crippen molar-refractivity contribution >= 4 is 5.91 Å². The Labute approximate surface area is 104 Å². The van der Waals surface area contributed by atoms with Crippen LogP contribution in [0, 0.1) is 11.8 Å². The first kappa shape index (κ1) is 12.8. The zero-order chi connectivity index (χ0) is 12.3. The maximum absolute atomic E-state index is 12.2. The van der Waals surface area contributed by atoms with Gasteiger partial charge in [-0.05, 0) is 45.8 Å². The number of nitrogens with one attached hydrogen (secondary N) is 1. The average molecular weight is 239 g/mol. The summed E-state index contributed by atoms with van der Waals surface area (Å²) in [5.41, 5.74) is 0. The molecule has 2 aliphatic heterocycles. The molecule has 2 fully saturated rings. The standard InChI is InChI=1S/C13H25N3O/c1-15(2)10-11-4-7-16(8-5-11)13(17)12-3-6-14-9-12/h11-12,14H,3-10H2,1-2H3. The topological polar surface area (TPSA) is 35.6 Å². The Morgan fingerprint density at radius 1 is 1.29 bits per heavy atom. The predicted octanol–water partition coefficient (Wildman–Crippen LogP) is 0.396. The van der Waals surface area contributed by atoms with Gasteiger partial charge in [0, 0.05) is 26.2 Å². The van der Waals surface area contributed by atoms with E-state index in [2.05, 4.69) is 29.2 Å². The van der Waals surface area contributed by atoms with E-state index < -0.39 is 0 Å². The molecule has 4 nitrogen and oxygen atoms in total. The van der Waals surface area contributed by atoms with Crippen LogP contribution in [0.3, 0.4) is 0 Å². The third kappa shape index (κ3) is 3.42. The van der Waals surface area contributed by atoms with Crippen LogP contribution in [-0.4, -0.2) is 62.5 Å². The Morgan fingerprint density at radius 2 is 2.00 bits per heavy atom. The van der Waals surface area contributed by atoms with E-state index in [0.717, 1.165) is 45.1 Å². The van der Waals surface area contributed by atoms with E-state index in [1.165, 1.54) is 12.8 Å². The van der Waals surface area contributed by atoms with Crippen LogP contribution < -0.4 is 5.32 Å². The van der Waals surface area contributed by atoms with E-state index in [1.54, 1.807) is 0 Å². The van der Waals surface area contributed by atoms with Crippen LogP contribution in [0.15, 0.2) is 0 Å². The van der Waals surface area contributed by atoms with Crippen LogP contribution in [0.25, 0.3) is 0 Å². The summed E-state index contributed by atoms with van der Waals surface area (Å²) in [6, 6.07) is 0. The fraction of sp³-hybridized carbons (Fsp3) is 0.923. The van der Waals surface area contributed by atoms with E-state index in [9.17, 15) is 4.79 Å². The number of piperidine rings is 1. The lowest BCUT2D eigenvalue weighted by Crippen LogP contribution is -2.43. The molecule has 4 heteroatoms. The molecule has 0 bridgehead atoms. The van der Waals surface area contributed by atoms with E-state index in [-0.39, 0.29) is 5.92 Å². The molecule has 2 saturated heterocycles. The van der Waals surface area contributed by atoms with Crippen molar-refractivity contribution in [3.8, 4) is 0 Å². The first-order valence-electron chi connectivity index (χ1n) is 6.81. The summed E-state index contributed by atoms with van der Waals surface area (Å²) in [6.07, 6.45) is 3.37. The highest BCUT2D eigenvalue weighted by atomic mass is 16.2. The Balaban J connectivity index is 1.76. The van der Waals surface area contributed by atoms with E-state index in [4.69, 9.17) is 0 Å². The van der Waals surface area contributed by atoms with Gasteiger partial charge in [0.15, 0.2) is 0 Å². The maximum atomic E-state index is 12.2. The van der Waals surface area contributed by atoms with Crippen molar-refractivity contribution in [3.05, 3.63) is 0 Å². The van der Waals surface area contributed by atoms with Gasteiger partial charge in [0.25, 0.3) is 0 Å². The number of hydrogen-bond acceptors (Lipinski definition) is 3. The molecule has 0 aliphatic carbocycles. The lowest BCUT2D eigenvalue weighted by Gasteiger charge is -2.34. The Morgan fingerprint density at radius 3 is 2.53 bits per heavy atom. The highest BCUT2D eigenvalue weighted by Crippen LogP contribution is 2.21. The van der Waals surface area contributed by atoms with Crippen molar-refractivity contribution in [2.45, 2.75) is 19.3 Å². The van der Waals surface area contributed by atoms with Gasteiger partial charge >= 0.3 is 0 Å². The summed E-state index contributed by atoms with van der Waals surface area (Å²) in [5, 5.41) is 3.27. The monoisotopic (exact) mass is 239 g/mol. The number of carbonyl (C=O) groups excluding carboxylic acids is 1. The zero-order valence-electron chi connectivity index (χ0n) is 11.1. The number of carbonyl (C=O) groups is 1. The quantitative estimate of drug-likeness (QED) is 0.774. The van der Waals surface area contributed by atoms with Crippen molar-refractivity contribution in [3.63, 3.8) is 0 Å². The Hall–Kier alpha value is -0.610. The van der Waals surface area contributed by atoms with Gasteiger partial charge in [0.1, 0.15) is 0 Å². The smallest absolute Gasteiger partial charge is 0.227 e. The van der Waals surface area contributed by atoms with Gasteiger partial charge in [0.05, 0.1) is 5.92 Å². The average Bonchev–Trinajstić information content (AvgIpc) is 2.82. The van der Waals surface area contributed by atoms with Crippen molar-refractivity contribution in [1.82, 2.24) is 15.1 Å².